The monoisotopic (exact) mass is 493 g/mol. The molecule has 0 unspecified atom stereocenters. The number of nitrogens with zero attached hydrogens (tertiary/aromatic N) is 1. The van der Waals surface area contributed by atoms with Crippen molar-refractivity contribution in [2.75, 3.05) is 0 Å². The molecule has 7 aromatic carbocycles. The number of aromatic nitrogens is 1. The number of hydrogen-bond donors (Lipinski definition) is 0. The van der Waals surface area contributed by atoms with E-state index in [0.29, 0.717) is 0 Å². The summed E-state index contributed by atoms with van der Waals surface area (Å²) < 4.78 is 2.50. The van der Waals surface area contributed by atoms with Crippen molar-refractivity contribution in [3.05, 3.63) is 140 Å². The summed E-state index contributed by atoms with van der Waals surface area (Å²) in [6.45, 7) is 0. The molecule has 0 atom stereocenters. The highest BCUT2D eigenvalue weighted by molar-refractivity contribution is 6.31. The molecule has 0 saturated carbocycles. The Morgan fingerprint density at radius 2 is 1.08 bits per heavy atom. The largest absolute Gasteiger partial charge is 0.309 e. The van der Waals surface area contributed by atoms with Crippen LogP contribution in [0.25, 0.3) is 82.4 Å². The highest BCUT2D eigenvalue weighted by atomic mass is 15.0. The van der Waals surface area contributed by atoms with Gasteiger partial charge in [-0.15, -0.1) is 0 Å². The molecule has 1 heteroatoms. The normalized spacial score (nSPS) is 12.1. The van der Waals surface area contributed by atoms with Gasteiger partial charge < -0.3 is 4.57 Å². The third-order valence-electron chi connectivity index (χ3n) is 8.49. The smallest absolute Gasteiger partial charge is 0.0619 e. The molecule has 39 heavy (non-hydrogen) atoms. The van der Waals surface area contributed by atoms with Crippen molar-refractivity contribution in [1.82, 2.24) is 4.57 Å². The zero-order chi connectivity index (χ0) is 25.5. The Kier molecular flexibility index (Phi) is 4.11. The Labute approximate surface area is 226 Å². The van der Waals surface area contributed by atoms with E-state index in [1.54, 1.807) is 0 Å². The molecule has 0 bridgehead atoms. The van der Waals surface area contributed by atoms with Gasteiger partial charge in [0.25, 0.3) is 0 Å². The molecular formula is C38H23N. The van der Waals surface area contributed by atoms with Gasteiger partial charge in [0.05, 0.1) is 11.0 Å². The van der Waals surface area contributed by atoms with Gasteiger partial charge >= 0.3 is 0 Å². The summed E-state index contributed by atoms with van der Waals surface area (Å²) >= 11 is 0. The average molecular weight is 494 g/mol. The lowest BCUT2D eigenvalue weighted by Crippen LogP contribution is -1.95. The predicted octanol–water partition coefficient (Wildman–Crippen LogP) is 10.4. The van der Waals surface area contributed by atoms with Gasteiger partial charge in [-0.3, -0.25) is 0 Å². The van der Waals surface area contributed by atoms with Crippen LogP contribution in [0.5, 0.6) is 0 Å². The van der Waals surface area contributed by atoms with Crippen LogP contribution in [-0.2, 0) is 0 Å². The first kappa shape index (κ1) is 20.9. The molecule has 1 nitrogen and oxygen atoms in total. The Hall–Kier alpha value is -5.14. The number of rotatable bonds is 2. The van der Waals surface area contributed by atoms with Crippen LogP contribution in [0.1, 0.15) is 0 Å². The van der Waals surface area contributed by atoms with Crippen LogP contribution in [0.2, 0.25) is 0 Å². The fourth-order valence-electron chi connectivity index (χ4n) is 6.86. The summed E-state index contributed by atoms with van der Waals surface area (Å²) in [5.74, 6) is 0. The minimum atomic E-state index is 1.18. The Balaban J connectivity index is 1.49. The summed E-state index contributed by atoms with van der Waals surface area (Å²) in [4.78, 5) is 0. The topological polar surface area (TPSA) is 4.93 Å². The van der Waals surface area contributed by atoms with Crippen LogP contribution in [0.4, 0.5) is 0 Å². The molecule has 0 N–H and O–H groups in total. The minimum Gasteiger partial charge on any atom is -0.309 e. The third-order valence-corrected chi connectivity index (χ3v) is 8.49. The van der Waals surface area contributed by atoms with Crippen molar-refractivity contribution in [2.45, 2.75) is 0 Å². The highest BCUT2D eigenvalue weighted by Gasteiger charge is 2.25. The van der Waals surface area contributed by atoms with Crippen molar-refractivity contribution in [1.29, 1.82) is 0 Å². The first-order chi connectivity index (χ1) is 19.4. The molecule has 1 heterocycles. The minimum absolute atomic E-state index is 1.18. The van der Waals surface area contributed by atoms with E-state index >= 15 is 0 Å². The van der Waals surface area contributed by atoms with Gasteiger partial charge in [0.15, 0.2) is 0 Å². The molecule has 9 rings (SSSR count). The molecule has 1 aliphatic rings. The molecule has 1 aromatic heterocycles. The molecule has 0 saturated heterocycles. The lowest BCUT2D eigenvalue weighted by molar-refractivity contribution is 1.19. The second kappa shape index (κ2) is 7.69. The molecule has 0 spiro atoms. The van der Waals surface area contributed by atoms with E-state index in [1.807, 2.05) is 0 Å². The first-order valence-electron chi connectivity index (χ1n) is 13.5. The highest BCUT2D eigenvalue weighted by Crippen LogP contribution is 2.51. The van der Waals surface area contributed by atoms with Gasteiger partial charge in [0.1, 0.15) is 0 Å². The summed E-state index contributed by atoms with van der Waals surface area (Å²) in [6.07, 6.45) is 0. The second-order valence-electron chi connectivity index (χ2n) is 10.5. The SMILES string of the molecule is c1ccc(-c2cccc(-n3c4cc5c6c(cccc6c4c4ccc6ccccc6c43)-c3ccccc3-5)c2)cc1. The van der Waals surface area contributed by atoms with E-state index in [2.05, 4.69) is 144 Å². The van der Waals surface area contributed by atoms with Gasteiger partial charge in [0, 0.05) is 21.8 Å². The molecule has 0 radical (unpaired) electrons. The standard InChI is InChI=1S/C38H23N/c1-2-10-24(11-3-1)26-13-8-14-27(22-26)39-35-23-34-30-17-7-6-16-29(30)31-18-9-19-32(36(31)34)37(35)33-21-20-25-12-4-5-15-28(25)38(33)39/h1-23H. The Morgan fingerprint density at radius 1 is 0.385 bits per heavy atom. The van der Waals surface area contributed by atoms with Crippen LogP contribution in [0.3, 0.4) is 0 Å². The molecule has 0 amide bonds. The van der Waals surface area contributed by atoms with Gasteiger partial charge in [-0.2, -0.15) is 0 Å². The lowest BCUT2D eigenvalue weighted by atomic mass is 9.97. The maximum absolute atomic E-state index is 2.50. The molecule has 0 fully saturated rings. The zero-order valence-corrected chi connectivity index (χ0v) is 21.2. The average Bonchev–Trinajstić information content (AvgIpc) is 3.52. The fourth-order valence-corrected chi connectivity index (χ4v) is 6.86. The van der Waals surface area contributed by atoms with E-state index in [1.165, 1.54) is 82.4 Å². The first-order valence-corrected chi connectivity index (χ1v) is 13.5. The van der Waals surface area contributed by atoms with E-state index in [-0.39, 0.29) is 0 Å². The number of benzene rings is 7. The molecule has 180 valence electrons. The van der Waals surface area contributed by atoms with Crippen LogP contribution >= 0.6 is 0 Å². The summed E-state index contributed by atoms with van der Waals surface area (Å²) in [5.41, 5.74) is 11.5. The summed E-state index contributed by atoms with van der Waals surface area (Å²) in [5, 5.41) is 7.86. The maximum Gasteiger partial charge on any atom is 0.0619 e. The van der Waals surface area contributed by atoms with Crippen LogP contribution in [0, 0.1) is 0 Å². The quantitative estimate of drug-likeness (QED) is 0.226. The molecule has 0 aliphatic heterocycles. The van der Waals surface area contributed by atoms with Crippen molar-refractivity contribution in [2.24, 2.45) is 0 Å². The summed E-state index contributed by atoms with van der Waals surface area (Å²) in [6, 6.07) is 51.1. The van der Waals surface area contributed by atoms with E-state index in [4.69, 9.17) is 0 Å². The molecular weight excluding hydrogens is 470 g/mol. The Bertz CT molecular complexity index is 2270. The number of hydrogen-bond acceptors (Lipinski definition) is 0. The van der Waals surface area contributed by atoms with Gasteiger partial charge in [-0.25, -0.2) is 0 Å². The van der Waals surface area contributed by atoms with Crippen molar-refractivity contribution in [3.8, 4) is 39.1 Å². The van der Waals surface area contributed by atoms with E-state index < -0.39 is 0 Å². The van der Waals surface area contributed by atoms with E-state index in [0.717, 1.165) is 0 Å². The maximum atomic E-state index is 2.50. The molecule has 1 aliphatic carbocycles. The van der Waals surface area contributed by atoms with E-state index in [9.17, 15) is 0 Å². The van der Waals surface area contributed by atoms with Gasteiger partial charge in [0.2, 0.25) is 0 Å². The van der Waals surface area contributed by atoms with Crippen molar-refractivity contribution < 1.29 is 0 Å². The second-order valence-corrected chi connectivity index (χ2v) is 10.5. The van der Waals surface area contributed by atoms with Crippen molar-refractivity contribution in [3.63, 3.8) is 0 Å². The lowest BCUT2D eigenvalue weighted by Gasteiger charge is -2.13. The number of fused-ring (bicyclic) bond motifs is 9. The van der Waals surface area contributed by atoms with Crippen LogP contribution in [-0.4, -0.2) is 4.57 Å². The summed E-state index contributed by atoms with van der Waals surface area (Å²) in [7, 11) is 0. The van der Waals surface area contributed by atoms with Gasteiger partial charge in [-0.05, 0) is 67.7 Å². The third kappa shape index (κ3) is 2.79. The zero-order valence-electron chi connectivity index (χ0n) is 21.2. The molecule has 8 aromatic rings. The van der Waals surface area contributed by atoms with Crippen molar-refractivity contribution >= 4 is 43.4 Å². The predicted molar refractivity (Wildman–Crippen MR) is 166 cm³/mol. The fraction of sp³-hybridized carbons (Fsp3) is 0. The van der Waals surface area contributed by atoms with Crippen LogP contribution in [0.15, 0.2) is 140 Å². The van der Waals surface area contributed by atoms with Crippen LogP contribution < -0.4 is 0 Å². The van der Waals surface area contributed by atoms with Gasteiger partial charge in [-0.1, -0.05) is 121 Å². The Morgan fingerprint density at radius 3 is 1.97 bits per heavy atom.